The van der Waals surface area contributed by atoms with Crippen LogP contribution in [0.4, 0.5) is 18.9 Å². The van der Waals surface area contributed by atoms with Crippen molar-refractivity contribution in [3.05, 3.63) is 59.9 Å². The Labute approximate surface area is 173 Å². The van der Waals surface area contributed by atoms with Crippen molar-refractivity contribution in [1.82, 2.24) is 9.55 Å². The van der Waals surface area contributed by atoms with Crippen molar-refractivity contribution >= 4 is 22.6 Å². The number of rotatable bonds is 5. The number of aromatic nitrogens is 2. The highest BCUT2D eigenvalue weighted by Crippen LogP contribution is 2.36. The highest BCUT2D eigenvalue weighted by molar-refractivity contribution is 5.96. The highest BCUT2D eigenvalue weighted by atomic mass is 19.4. The fraction of sp³-hybridized carbons (Fsp3) is 0.391. The topological polar surface area (TPSA) is 38.1 Å². The van der Waals surface area contributed by atoms with E-state index in [1.54, 1.807) is 6.07 Å². The van der Waals surface area contributed by atoms with Crippen LogP contribution in [0.15, 0.2) is 48.5 Å². The van der Waals surface area contributed by atoms with E-state index in [1.165, 1.54) is 11.0 Å². The third-order valence-electron chi connectivity index (χ3n) is 5.85. The SMILES string of the molecule is CC[C@H](C)Cn1c([C@@H]2CC(=O)N(c3cccc(C(F)(F)F)c3)C2)nc2ccccc21. The number of anilines is 1. The number of para-hydroxylation sites is 2. The lowest BCUT2D eigenvalue weighted by Crippen LogP contribution is -2.25. The van der Waals surface area contributed by atoms with E-state index in [4.69, 9.17) is 4.98 Å². The lowest BCUT2D eigenvalue weighted by molar-refractivity contribution is -0.137. The summed E-state index contributed by atoms with van der Waals surface area (Å²) >= 11 is 0. The van der Waals surface area contributed by atoms with Crippen LogP contribution in [0.1, 0.15) is 44.0 Å². The Morgan fingerprint density at radius 2 is 1.93 bits per heavy atom. The van der Waals surface area contributed by atoms with Gasteiger partial charge in [0.05, 0.1) is 16.6 Å². The summed E-state index contributed by atoms with van der Waals surface area (Å²) in [6.45, 7) is 5.43. The van der Waals surface area contributed by atoms with E-state index in [9.17, 15) is 18.0 Å². The molecule has 1 amide bonds. The van der Waals surface area contributed by atoms with Gasteiger partial charge in [-0.3, -0.25) is 4.79 Å². The van der Waals surface area contributed by atoms with Gasteiger partial charge in [-0.05, 0) is 36.2 Å². The molecule has 2 heterocycles. The lowest BCUT2D eigenvalue weighted by Gasteiger charge is -2.19. The molecular weight excluding hydrogens is 391 g/mol. The second-order valence-electron chi connectivity index (χ2n) is 8.04. The van der Waals surface area contributed by atoms with Gasteiger partial charge in [-0.1, -0.05) is 38.5 Å². The first-order valence-electron chi connectivity index (χ1n) is 10.2. The van der Waals surface area contributed by atoms with E-state index in [0.29, 0.717) is 12.5 Å². The molecule has 2 atom stereocenters. The van der Waals surface area contributed by atoms with Crippen LogP contribution in [0.5, 0.6) is 0 Å². The maximum Gasteiger partial charge on any atom is 0.416 e. The molecule has 0 bridgehead atoms. The first-order valence-corrected chi connectivity index (χ1v) is 10.2. The largest absolute Gasteiger partial charge is 0.416 e. The number of imidazole rings is 1. The smallest absolute Gasteiger partial charge is 0.327 e. The van der Waals surface area contributed by atoms with Crippen molar-refractivity contribution in [2.24, 2.45) is 5.92 Å². The number of amides is 1. The number of hydrogen-bond donors (Lipinski definition) is 0. The van der Waals surface area contributed by atoms with Crippen LogP contribution in [0.2, 0.25) is 0 Å². The zero-order valence-electron chi connectivity index (χ0n) is 17.0. The molecule has 158 valence electrons. The Balaban J connectivity index is 1.68. The first-order chi connectivity index (χ1) is 14.3. The third kappa shape index (κ3) is 3.80. The molecule has 1 aromatic heterocycles. The molecule has 1 fully saturated rings. The van der Waals surface area contributed by atoms with Crippen LogP contribution in [0, 0.1) is 5.92 Å². The number of hydrogen-bond acceptors (Lipinski definition) is 2. The lowest BCUT2D eigenvalue weighted by atomic mass is 10.1. The summed E-state index contributed by atoms with van der Waals surface area (Å²) in [7, 11) is 0. The van der Waals surface area contributed by atoms with Crippen molar-refractivity contribution in [3.8, 4) is 0 Å². The molecule has 4 nitrogen and oxygen atoms in total. The quantitative estimate of drug-likeness (QED) is 0.542. The van der Waals surface area contributed by atoms with E-state index >= 15 is 0 Å². The molecule has 0 radical (unpaired) electrons. The standard InChI is InChI=1S/C23H24F3N3O/c1-3-15(2)13-29-20-10-5-4-9-19(20)27-22(29)16-11-21(30)28(14-16)18-8-6-7-17(12-18)23(24,25)26/h4-10,12,15-16H,3,11,13-14H2,1-2H3/t15-,16+/m0/s1. The van der Waals surface area contributed by atoms with Gasteiger partial charge >= 0.3 is 6.18 Å². The summed E-state index contributed by atoms with van der Waals surface area (Å²) in [4.78, 5) is 19.0. The fourth-order valence-electron chi connectivity index (χ4n) is 4.02. The normalized spacial score (nSPS) is 18.4. The van der Waals surface area contributed by atoms with Gasteiger partial charge in [0.2, 0.25) is 5.91 Å². The van der Waals surface area contributed by atoms with Gasteiger partial charge in [0.15, 0.2) is 0 Å². The highest BCUT2D eigenvalue weighted by Gasteiger charge is 2.36. The van der Waals surface area contributed by atoms with E-state index < -0.39 is 11.7 Å². The molecule has 0 saturated carbocycles. The van der Waals surface area contributed by atoms with Gasteiger partial charge in [-0.25, -0.2) is 4.98 Å². The second kappa shape index (κ2) is 7.78. The molecule has 1 aliphatic rings. The Bertz CT molecular complexity index is 1070. The number of nitrogens with zero attached hydrogens (tertiary/aromatic N) is 3. The van der Waals surface area contributed by atoms with E-state index in [1.807, 2.05) is 24.3 Å². The molecule has 4 rings (SSSR count). The number of carbonyl (C=O) groups excluding carboxylic acids is 1. The number of benzene rings is 2. The molecule has 0 aliphatic carbocycles. The van der Waals surface area contributed by atoms with Crippen molar-refractivity contribution < 1.29 is 18.0 Å². The van der Waals surface area contributed by atoms with Crippen molar-refractivity contribution in [2.75, 3.05) is 11.4 Å². The maximum absolute atomic E-state index is 13.1. The van der Waals surface area contributed by atoms with Crippen LogP contribution < -0.4 is 4.90 Å². The minimum absolute atomic E-state index is 0.163. The third-order valence-corrected chi connectivity index (χ3v) is 5.85. The van der Waals surface area contributed by atoms with Crippen LogP contribution in [-0.4, -0.2) is 22.0 Å². The molecular formula is C23H24F3N3O. The van der Waals surface area contributed by atoms with Crippen LogP contribution in [-0.2, 0) is 17.5 Å². The monoisotopic (exact) mass is 415 g/mol. The predicted octanol–water partition coefficient (Wildman–Crippen LogP) is 5.62. The maximum atomic E-state index is 13.1. The molecule has 7 heteroatoms. The number of carbonyl (C=O) groups is 1. The van der Waals surface area contributed by atoms with E-state index in [0.717, 1.165) is 42.0 Å². The molecule has 0 N–H and O–H groups in total. The number of alkyl halides is 3. The summed E-state index contributed by atoms with van der Waals surface area (Å²) in [5.41, 5.74) is 1.43. The Morgan fingerprint density at radius 3 is 2.67 bits per heavy atom. The number of fused-ring (bicyclic) bond motifs is 1. The predicted molar refractivity (Wildman–Crippen MR) is 110 cm³/mol. The van der Waals surface area contributed by atoms with Crippen LogP contribution >= 0.6 is 0 Å². The summed E-state index contributed by atoms with van der Waals surface area (Å²) in [5.74, 6) is 0.933. The summed E-state index contributed by atoms with van der Waals surface area (Å²) < 4.78 is 41.5. The fourth-order valence-corrected chi connectivity index (χ4v) is 4.02. The van der Waals surface area contributed by atoms with E-state index in [2.05, 4.69) is 18.4 Å². The van der Waals surface area contributed by atoms with Crippen LogP contribution in [0.25, 0.3) is 11.0 Å². The molecule has 2 aromatic carbocycles. The second-order valence-corrected chi connectivity index (χ2v) is 8.04. The van der Waals surface area contributed by atoms with Gasteiger partial charge in [-0.2, -0.15) is 13.2 Å². The van der Waals surface area contributed by atoms with E-state index in [-0.39, 0.29) is 23.9 Å². The minimum Gasteiger partial charge on any atom is -0.327 e. The average Bonchev–Trinajstić information content (AvgIpc) is 3.28. The number of halogens is 3. The Hall–Kier alpha value is -2.83. The minimum atomic E-state index is -4.44. The molecule has 1 saturated heterocycles. The molecule has 0 unspecified atom stereocenters. The van der Waals surface area contributed by atoms with Crippen molar-refractivity contribution in [3.63, 3.8) is 0 Å². The summed E-state index contributed by atoms with van der Waals surface area (Å²) in [6.07, 6.45) is -3.19. The first kappa shape index (κ1) is 20.4. The van der Waals surface area contributed by atoms with Gasteiger partial charge in [0.1, 0.15) is 5.82 Å². The van der Waals surface area contributed by atoms with Gasteiger partial charge in [0.25, 0.3) is 0 Å². The van der Waals surface area contributed by atoms with Crippen LogP contribution in [0.3, 0.4) is 0 Å². The van der Waals surface area contributed by atoms with Crippen molar-refractivity contribution in [2.45, 2.75) is 45.3 Å². The van der Waals surface area contributed by atoms with Crippen molar-refractivity contribution in [1.29, 1.82) is 0 Å². The summed E-state index contributed by atoms with van der Waals surface area (Å²) in [6, 6.07) is 12.8. The Morgan fingerprint density at radius 1 is 1.17 bits per heavy atom. The van der Waals surface area contributed by atoms with Gasteiger partial charge < -0.3 is 9.47 Å². The van der Waals surface area contributed by atoms with Gasteiger partial charge in [0, 0.05) is 31.1 Å². The molecule has 1 aliphatic heterocycles. The zero-order valence-corrected chi connectivity index (χ0v) is 17.0. The zero-order chi connectivity index (χ0) is 21.5. The summed E-state index contributed by atoms with van der Waals surface area (Å²) in [5, 5.41) is 0. The van der Waals surface area contributed by atoms with Gasteiger partial charge in [-0.15, -0.1) is 0 Å². The molecule has 0 spiro atoms. The molecule has 30 heavy (non-hydrogen) atoms. The molecule has 3 aromatic rings. The average molecular weight is 415 g/mol. The Kier molecular flexibility index (Phi) is 5.30.